The summed E-state index contributed by atoms with van der Waals surface area (Å²) in [5.41, 5.74) is 9.18. The minimum Gasteiger partial charge on any atom is -0.392 e. The molecule has 0 bridgehead atoms. The van der Waals surface area contributed by atoms with Crippen molar-refractivity contribution >= 4 is 41.0 Å². The lowest BCUT2D eigenvalue weighted by atomic mass is 10.3. The van der Waals surface area contributed by atoms with Gasteiger partial charge in [-0.25, -0.2) is 9.53 Å². The molecule has 0 amide bonds. The second-order valence-electron chi connectivity index (χ2n) is 5.17. The highest BCUT2D eigenvalue weighted by Gasteiger charge is 2.12. The SMILES string of the molecule is Cl.NNc1cccc([N+](=O)[O-])c1.[C-]#[N+]c1cnn(-c2cccc([N+](=O)[O-])c2)c1N. The number of nitrogens with zero attached hydrogens (tertiary/aromatic N) is 5. The third-order valence-corrected chi connectivity index (χ3v) is 3.42. The highest BCUT2D eigenvalue weighted by Crippen LogP contribution is 2.25. The smallest absolute Gasteiger partial charge is 0.271 e. The first-order chi connectivity index (χ1) is 13.4. The number of rotatable bonds is 4. The molecule has 2 aromatic carbocycles. The summed E-state index contributed by atoms with van der Waals surface area (Å²) in [6.07, 6.45) is 1.32. The van der Waals surface area contributed by atoms with E-state index >= 15 is 0 Å². The minimum atomic E-state index is -0.501. The Hall–Kier alpha value is -4.21. The maximum Gasteiger partial charge on any atom is 0.271 e. The number of hydrazine groups is 1. The topological polar surface area (TPSA) is 173 Å². The van der Waals surface area contributed by atoms with Crippen LogP contribution in [-0.4, -0.2) is 19.6 Å². The molecule has 5 N–H and O–H groups in total. The van der Waals surface area contributed by atoms with Crippen LogP contribution < -0.4 is 17.0 Å². The molecule has 1 heterocycles. The van der Waals surface area contributed by atoms with Gasteiger partial charge in [-0.05, 0) is 12.1 Å². The van der Waals surface area contributed by atoms with Gasteiger partial charge in [0.15, 0.2) is 0 Å². The van der Waals surface area contributed by atoms with Crippen LogP contribution >= 0.6 is 12.4 Å². The van der Waals surface area contributed by atoms with Gasteiger partial charge in [0.05, 0.1) is 34.0 Å². The van der Waals surface area contributed by atoms with E-state index in [1.54, 1.807) is 18.2 Å². The highest BCUT2D eigenvalue weighted by molar-refractivity contribution is 5.85. The number of halogens is 1. The number of nitro groups is 2. The van der Waals surface area contributed by atoms with Crippen molar-refractivity contribution < 1.29 is 9.85 Å². The summed E-state index contributed by atoms with van der Waals surface area (Å²) in [5.74, 6) is 5.21. The van der Waals surface area contributed by atoms with Crippen LogP contribution in [0.4, 0.5) is 28.6 Å². The summed E-state index contributed by atoms with van der Waals surface area (Å²) < 4.78 is 1.29. The van der Waals surface area contributed by atoms with Gasteiger partial charge in [-0.15, -0.1) is 12.4 Å². The summed E-state index contributed by atoms with van der Waals surface area (Å²) in [6, 6.07) is 11.9. The van der Waals surface area contributed by atoms with Gasteiger partial charge in [0.1, 0.15) is 5.82 Å². The molecule has 0 fully saturated rings. The molecule has 0 aliphatic rings. The molecule has 3 rings (SSSR count). The van der Waals surface area contributed by atoms with Crippen molar-refractivity contribution in [3.05, 3.63) is 86.4 Å². The third kappa shape index (κ3) is 5.63. The number of nitrogens with two attached hydrogens (primary N) is 2. The molecule has 29 heavy (non-hydrogen) atoms. The van der Waals surface area contributed by atoms with Crippen molar-refractivity contribution in [3.8, 4) is 5.69 Å². The maximum atomic E-state index is 10.6. The van der Waals surface area contributed by atoms with Crippen LogP contribution in [0.3, 0.4) is 0 Å². The number of hydrogen-bond acceptors (Lipinski definition) is 8. The van der Waals surface area contributed by atoms with E-state index < -0.39 is 9.85 Å². The van der Waals surface area contributed by atoms with E-state index in [0.29, 0.717) is 11.4 Å². The fourth-order valence-corrected chi connectivity index (χ4v) is 2.09. The van der Waals surface area contributed by atoms with E-state index in [9.17, 15) is 20.2 Å². The lowest BCUT2D eigenvalue weighted by Gasteiger charge is -2.03. The third-order valence-electron chi connectivity index (χ3n) is 3.42. The van der Waals surface area contributed by atoms with Gasteiger partial charge in [-0.3, -0.25) is 26.1 Å². The van der Waals surface area contributed by atoms with Gasteiger partial charge in [-0.1, -0.05) is 12.1 Å². The molecule has 0 spiro atoms. The first-order valence-electron chi connectivity index (χ1n) is 7.54. The van der Waals surface area contributed by atoms with Gasteiger partial charge in [0.2, 0.25) is 5.69 Å². The Kier molecular flexibility index (Phi) is 8.04. The van der Waals surface area contributed by atoms with E-state index in [1.807, 2.05) is 0 Å². The molecule has 150 valence electrons. The fraction of sp³-hybridized carbons (Fsp3) is 0. The number of benzene rings is 2. The second kappa shape index (κ2) is 10.2. The first kappa shape index (κ1) is 22.8. The van der Waals surface area contributed by atoms with E-state index in [4.69, 9.17) is 18.1 Å². The summed E-state index contributed by atoms with van der Waals surface area (Å²) in [5, 5.41) is 24.7. The predicted molar refractivity (Wildman–Crippen MR) is 109 cm³/mol. The van der Waals surface area contributed by atoms with E-state index in [-0.39, 0.29) is 35.3 Å². The van der Waals surface area contributed by atoms with Crippen LogP contribution in [-0.2, 0) is 0 Å². The largest absolute Gasteiger partial charge is 0.392 e. The monoisotopic (exact) mass is 418 g/mol. The molecule has 0 saturated heterocycles. The highest BCUT2D eigenvalue weighted by atomic mass is 35.5. The molecule has 0 unspecified atom stereocenters. The average Bonchev–Trinajstić information content (AvgIpc) is 3.09. The van der Waals surface area contributed by atoms with Gasteiger partial charge >= 0.3 is 0 Å². The minimum absolute atomic E-state index is 0. The zero-order valence-corrected chi connectivity index (χ0v) is 15.4. The lowest BCUT2D eigenvalue weighted by molar-refractivity contribution is -0.385. The van der Waals surface area contributed by atoms with Crippen LogP contribution in [0.1, 0.15) is 0 Å². The Balaban J connectivity index is 0.000000306. The Morgan fingerprint density at radius 3 is 2.17 bits per heavy atom. The quantitative estimate of drug-likeness (QED) is 0.250. The normalized spacial score (nSPS) is 9.24. The Morgan fingerprint density at radius 1 is 1.07 bits per heavy atom. The number of hydrogen-bond donors (Lipinski definition) is 3. The molecular formula is C16H15ClN8O4. The number of nitrogens with one attached hydrogen (secondary N) is 1. The molecule has 3 aromatic rings. The van der Waals surface area contributed by atoms with Gasteiger partial charge < -0.3 is 11.2 Å². The zero-order valence-electron chi connectivity index (χ0n) is 14.6. The first-order valence-corrected chi connectivity index (χ1v) is 7.54. The van der Waals surface area contributed by atoms with Crippen molar-refractivity contribution in [3.63, 3.8) is 0 Å². The summed E-state index contributed by atoms with van der Waals surface area (Å²) in [7, 11) is 0. The van der Waals surface area contributed by atoms with Crippen LogP contribution in [0, 0.1) is 26.8 Å². The van der Waals surface area contributed by atoms with Crippen LogP contribution in [0.2, 0.25) is 0 Å². The number of aromatic nitrogens is 2. The summed E-state index contributed by atoms with van der Waals surface area (Å²) in [4.78, 5) is 23.0. The molecule has 1 aromatic heterocycles. The van der Waals surface area contributed by atoms with Crippen LogP contribution in [0.5, 0.6) is 0 Å². The van der Waals surface area contributed by atoms with Crippen LogP contribution in [0.25, 0.3) is 10.5 Å². The molecule has 12 nitrogen and oxygen atoms in total. The fourth-order valence-electron chi connectivity index (χ4n) is 2.09. The molecule has 0 aliphatic heterocycles. The Labute approximate surface area is 170 Å². The molecule has 0 saturated carbocycles. The van der Waals surface area contributed by atoms with Gasteiger partial charge in [0.25, 0.3) is 11.4 Å². The Bertz CT molecular complexity index is 1060. The Morgan fingerprint density at radius 2 is 1.66 bits per heavy atom. The van der Waals surface area contributed by atoms with Crippen molar-refractivity contribution in [2.75, 3.05) is 11.2 Å². The molecule has 0 atom stereocenters. The number of nitro benzene ring substituents is 2. The zero-order chi connectivity index (χ0) is 20.7. The van der Waals surface area contributed by atoms with Crippen LogP contribution in [0.15, 0.2) is 54.7 Å². The molecule has 0 radical (unpaired) electrons. The van der Waals surface area contributed by atoms with E-state index in [2.05, 4.69) is 15.4 Å². The molecule has 0 aliphatic carbocycles. The van der Waals surface area contributed by atoms with Crippen molar-refractivity contribution in [1.29, 1.82) is 0 Å². The average molecular weight is 419 g/mol. The van der Waals surface area contributed by atoms with E-state index in [0.717, 1.165) is 0 Å². The summed E-state index contributed by atoms with van der Waals surface area (Å²) >= 11 is 0. The number of non-ortho nitro benzene ring substituents is 2. The number of anilines is 2. The van der Waals surface area contributed by atoms with Crippen molar-refractivity contribution in [2.24, 2.45) is 5.84 Å². The van der Waals surface area contributed by atoms with Crippen molar-refractivity contribution in [2.45, 2.75) is 0 Å². The molecular weight excluding hydrogens is 404 g/mol. The van der Waals surface area contributed by atoms with E-state index in [1.165, 1.54) is 41.2 Å². The summed E-state index contributed by atoms with van der Waals surface area (Å²) in [6.45, 7) is 6.85. The molecule has 13 heteroatoms. The second-order valence-corrected chi connectivity index (χ2v) is 5.17. The lowest BCUT2D eigenvalue weighted by Crippen LogP contribution is -2.06. The van der Waals surface area contributed by atoms with Gasteiger partial charge in [0, 0.05) is 24.3 Å². The van der Waals surface area contributed by atoms with Gasteiger partial charge in [-0.2, -0.15) is 5.10 Å². The number of nitrogen functional groups attached to an aromatic ring is 2. The predicted octanol–water partition coefficient (Wildman–Crippen LogP) is 3.22. The maximum absolute atomic E-state index is 10.6. The van der Waals surface area contributed by atoms with Crippen molar-refractivity contribution in [1.82, 2.24) is 9.78 Å². The standard InChI is InChI=1S/C10H7N5O2.C6H7N3O2.ClH/c1-12-9-6-13-14(10(9)11)7-3-2-4-8(5-7)15(16)17;7-8-5-2-1-3-6(4-5)9(10)11;/h2-6H,11H2;1-4,8H,7H2;1H.